The van der Waals surface area contributed by atoms with E-state index in [9.17, 15) is 9.59 Å². The lowest BCUT2D eigenvalue weighted by Gasteiger charge is -2.23. The van der Waals surface area contributed by atoms with E-state index in [4.69, 9.17) is 0 Å². The topological polar surface area (TPSA) is 49.4 Å². The molecule has 1 aliphatic heterocycles. The molecule has 1 unspecified atom stereocenters. The van der Waals surface area contributed by atoms with Crippen LogP contribution >= 0.6 is 0 Å². The number of aryl methyl sites for hydroxylation is 1. The summed E-state index contributed by atoms with van der Waals surface area (Å²) in [5.74, 6) is -0.122. The van der Waals surface area contributed by atoms with Crippen molar-refractivity contribution < 1.29 is 9.59 Å². The summed E-state index contributed by atoms with van der Waals surface area (Å²) in [5, 5.41) is 2.82. The van der Waals surface area contributed by atoms with Gasteiger partial charge in [-0.3, -0.25) is 9.69 Å². The van der Waals surface area contributed by atoms with Gasteiger partial charge in [0.15, 0.2) is 0 Å². The summed E-state index contributed by atoms with van der Waals surface area (Å²) >= 11 is 0. The Morgan fingerprint density at radius 3 is 2.37 bits per heavy atom. The Labute approximate surface area is 113 Å². The maximum absolute atomic E-state index is 12.3. The van der Waals surface area contributed by atoms with Gasteiger partial charge in [0.1, 0.15) is 5.54 Å². The first-order chi connectivity index (χ1) is 8.94. The average molecular weight is 260 g/mol. The molecule has 1 aromatic rings. The number of nitrogens with one attached hydrogen (secondary N) is 1. The molecule has 4 heteroatoms. The highest BCUT2D eigenvalue weighted by molar-refractivity contribution is 6.07. The predicted molar refractivity (Wildman–Crippen MR) is 73.7 cm³/mol. The van der Waals surface area contributed by atoms with Crippen molar-refractivity contribution in [2.24, 2.45) is 0 Å². The van der Waals surface area contributed by atoms with Gasteiger partial charge in [-0.15, -0.1) is 0 Å². The van der Waals surface area contributed by atoms with Crippen molar-refractivity contribution in [3.8, 4) is 0 Å². The van der Waals surface area contributed by atoms with Gasteiger partial charge in [-0.1, -0.05) is 30.3 Å². The molecule has 19 heavy (non-hydrogen) atoms. The van der Waals surface area contributed by atoms with Crippen LogP contribution in [0.25, 0.3) is 0 Å². The summed E-state index contributed by atoms with van der Waals surface area (Å²) in [6.45, 7) is 5.50. The van der Waals surface area contributed by atoms with Crippen LogP contribution in [0, 0.1) is 0 Å². The molecule has 0 radical (unpaired) electrons. The number of amides is 3. The minimum absolute atomic E-state index is 0.106. The molecule has 0 aromatic heterocycles. The van der Waals surface area contributed by atoms with Crippen LogP contribution < -0.4 is 5.32 Å². The van der Waals surface area contributed by atoms with Crippen LogP contribution in [0.1, 0.15) is 32.8 Å². The zero-order valence-corrected chi connectivity index (χ0v) is 11.6. The molecule has 1 N–H and O–H groups in total. The Morgan fingerprint density at radius 2 is 1.84 bits per heavy atom. The van der Waals surface area contributed by atoms with E-state index in [1.165, 1.54) is 10.5 Å². The second kappa shape index (κ2) is 5.03. The number of carbonyl (C=O) groups excluding carboxylic acids is 2. The molecule has 0 spiro atoms. The van der Waals surface area contributed by atoms with Crippen molar-refractivity contribution in [2.45, 2.75) is 45.2 Å². The van der Waals surface area contributed by atoms with E-state index in [0.29, 0.717) is 6.42 Å². The molecule has 1 atom stereocenters. The fraction of sp³-hybridized carbons (Fsp3) is 0.467. The summed E-state index contributed by atoms with van der Waals surface area (Å²) in [4.78, 5) is 25.5. The number of urea groups is 1. The van der Waals surface area contributed by atoms with Crippen molar-refractivity contribution in [3.05, 3.63) is 35.9 Å². The number of hydrogen-bond donors (Lipinski definition) is 1. The Morgan fingerprint density at radius 1 is 1.21 bits per heavy atom. The Balaban J connectivity index is 2.08. The zero-order chi connectivity index (χ0) is 14.0. The number of nitrogens with zero attached hydrogens (tertiary/aromatic N) is 1. The highest BCUT2D eigenvalue weighted by Gasteiger charge is 2.48. The molecule has 1 saturated heterocycles. The van der Waals surface area contributed by atoms with E-state index in [2.05, 4.69) is 5.32 Å². The number of benzene rings is 1. The minimum atomic E-state index is -0.781. The average Bonchev–Trinajstić information content (AvgIpc) is 2.59. The molecule has 4 nitrogen and oxygen atoms in total. The van der Waals surface area contributed by atoms with Crippen LogP contribution in [0.4, 0.5) is 4.79 Å². The van der Waals surface area contributed by atoms with Crippen LogP contribution in [-0.2, 0) is 11.2 Å². The number of carbonyl (C=O) groups is 2. The van der Waals surface area contributed by atoms with Gasteiger partial charge in [0.05, 0.1) is 0 Å². The van der Waals surface area contributed by atoms with Gasteiger partial charge in [0, 0.05) is 6.04 Å². The Hall–Kier alpha value is -1.84. The molecule has 3 amide bonds. The van der Waals surface area contributed by atoms with Crippen LogP contribution in [-0.4, -0.2) is 28.4 Å². The quantitative estimate of drug-likeness (QED) is 0.845. The normalized spacial score (nSPS) is 23.1. The van der Waals surface area contributed by atoms with E-state index >= 15 is 0 Å². The molecule has 0 saturated carbocycles. The second-order valence-corrected chi connectivity index (χ2v) is 5.52. The van der Waals surface area contributed by atoms with E-state index in [-0.39, 0.29) is 18.0 Å². The lowest BCUT2D eigenvalue weighted by Crippen LogP contribution is -2.45. The lowest BCUT2D eigenvalue weighted by atomic mass is 9.93. The molecule has 0 aliphatic carbocycles. The van der Waals surface area contributed by atoms with E-state index in [1.54, 1.807) is 6.92 Å². The SMILES string of the molecule is CC(C)N1C(=O)NC(C)(CCc2ccccc2)C1=O. The summed E-state index contributed by atoms with van der Waals surface area (Å²) in [5.41, 5.74) is 0.394. The first kappa shape index (κ1) is 13.6. The van der Waals surface area contributed by atoms with Gasteiger partial charge in [-0.05, 0) is 39.2 Å². The number of imide groups is 1. The summed E-state index contributed by atoms with van der Waals surface area (Å²) in [6, 6.07) is 9.60. The fourth-order valence-electron chi connectivity index (χ4n) is 2.39. The number of hydrogen-bond acceptors (Lipinski definition) is 2. The van der Waals surface area contributed by atoms with Crippen molar-refractivity contribution in [1.29, 1.82) is 0 Å². The Bertz CT molecular complexity index is 484. The second-order valence-electron chi connectivity index (χ2n) is 5.52. The molecule has 2 rings (SSSR count). The molecular weight excluding hydrogens is 240 g/mol. The van der Waals surface area contributed by atoms with E-state index in [1.807, 2.05) is 44.2 Å². The third-order valence-electron chi connectivity index (χ3n) is 3.57. The first-order valence-electron chi connectivity index (χ1n) is 6.64. The summed E-state index contributed by atoms with van der Waals surface area (Å²) < 4.78 is 0. The van der Waals surface area contributed by atoms with E-state index < -0.39 is 5.54 Å². The van der Waals surface area contributed by atoms with Crippen LogP contribution in [0.2, 0.25) is 0 Å². The van der Waals surface area contributed by atoms with Gasteiger partial charge in [-0.25, -0.2) is 4.79 Å². The molecule has 1 fully saturated rings. The maximum atomic E-state index is 12.3. The van der Waals surface area contributed by atoms with Gasteiger partial charge in [-0.2, -0.15) is 0 Å². The molecule has 102 valence electrons. The van der Waals surface area contributed by atoms with Gasteiger partial charge < -0.3 is 5.32 Å². The van der Waals surface area contributed by atoms with Crippen molar-refractivity contribution >= 4 is 11.9 Å². The fourth-order valence-corrected chi connectivity index (χ4v) is 2.39. The summed E-state index contributed by atoms with van der Waals surface area (Å²) in [6.07, 6.45) is 1.39. The maximum Gasteiger partial charge on any atom is 0.325 e. The zero-order valence-electron chi connectivity index (χ0n) is 11.6. The van der Waals surface area contributed by atoms with Gasteiger partial charge in [0.25, 0.3) is 5.91 Å². The van der Waals surface area contributed by atoms with Crippen molar-refractivity contribution in [1.82, 2.24) is 10.2 Å². The minimum Gasteiger partial charge on any atom is -0.323 e. The third kappa shape index (κ3) is 2.62. The molecule has 0 bridgehead atoms. The summed E-state index contributed by atoms with van der Waals surface area (Å²) in [7, 11) is 0. The highest BCUT2D eigenvalue weighted by Crippen LogP contribution is 2.24. The van der Waals surface area contributed by atoms with Gasteiger partial charge >= 0.3 is 6.03 Å². The lowest BCUT2D eigenvalue weighted by molar-refractivity contribution is -0.132. The first-order valence-corrected chi connectivity index (χ1v) is 6.64. The molecule has 1 aromatic carbocycles. The third-order valence-corrected chi connectivity index (χ3v) is 3.57. The van der Waals surface area contributed by atoms with Crippen molar-refractivity contribution in [2.75, 3.05) is 0 Å². The highest BCUT2D eigenvalue weighted by atomic mass is 16.2. The van der Waals surface area contributed by atoms with Gasteiger partial charge in [0.2, 0.25) is 0 Å². The molecular formula is C15H20N2O2. The Kier molecular flexibility index (Phi) is 3.60. The smallest absolute Gasteiger partial charge is 0.323 e. The van der Waals surface area contributed by atoms with E-state index in [0.717, 1.165) is 6.42 Å². The van der Waals surface area contributed by atoms with Crippen LogP contribution in [0.3, 0.4) is 0 Å². The predicted octanol–water partition coefficient (Wildman–Crippen LogP) is 2.34. The molecule has 1 aliphatic rings. The molecule has 1 heterocycles. The largest absolute Gasteiger partial charge is 0.325 e. The monoisotopic (exact) mass is 260 g/mol. The van der Waals surface area contributed by atoms with Crippen LogP contribution in [0.15, 0.2) is 30.3 Å². The standard InChI is InChI=1S/C15H20N2O2/c1-11(2)17-13(18)15(3,16-14(17)19)10-9-12-7-5-4-6-8-12/h4-8,11H,9-10H2,1-3H3,(H,16,19). The van der Waals surface area contributed by atoms with Crippen LogP contribution in [0.5, 0.6) is 0 Å². The number of rotatable bonds is 4. The van der Waals surface area contributed by atoms with Crippen molar-refractivity contribution in [3.63, 3.8) is 0 Å².